The van der Waals surface area contributed by atoms with E-state index >= 15 is 0 Å². The Morgan fingerprint density at radius 2 is 1.68 bits per heavy atom. The van der Waals surface area contributed by atoms with E-state index in [1.54, 1.807) is 7.11 Å². The fraction of sp³-hybridized carbons (Fsp3) is 0.667. The third-order valence-electron chi connectivity index (χ3n) is 6.82. The fourth-order valence-electron chi connectivity index (χ4n) is 5.24. The quantitative estimate of drug-likeness (QED) is 0.918. The first-order valence-electron chi connectivity index (χ1n) is 9.87. The molecule has 2 aliphatic heterocycles. The monoisotopic (exact) mass is 342 g/mol. The minimum absolute atomic E-state index is 0.302. The van der Waals surface area contributed by atoms with E-state index in [0.717, 1.165) is 82.3 Å². The summed E-state index contributed by atoms with van der Waals surface area (Å²) in [6.45, 7) is 4.13. The molecule has 25 heavy (non-hydrogen) atoms. The lowest BCUT2D eigenvalue weighted by atomic mass is 9.77. The van der Waals surface area contributed by atoms with Crippen molar-refractivity contribution in [2.45, 2.75) is 43.9 Å². The highest BCUT2D eigenvalue weighted by atomic mass is 16.5. The van der Waals surface area contributed by atoms with Gasteiger partial charge in [-0.25, -0.2) is 0 Å². The molecule has 1 aromatic rings. The molecular formula is C21H30N2O2. The van der Waals surface area contributed by atoms with Crippen molar-refractivity contribution in [3.8, 4) is 5.75 Å². The number of hydrogen-bond donors (Lipinski definition) is 1. The maximum atomic E-state index is 13.6. The molecule has 0 unspecified atom stereocenters. The Balaban J connectivity index is 1.56. The first-order chi connectivity index (χ1) is 12.2. The summed E-state index contributed by atoms with van der Waals surface area (Å²) in [5.41, 5.74) is 0.881. The zero-order chi connectivity index (χ0) is 17.3. The molecule has 4 nitrogen and oxygen atoms in total. The molecule has 3 fully saturated rings. The molecule has 0 aromatic heterocycles. The van der Waals surface area contributed by atoms with E-state index in [1.807, 2.05) is 12.1 Å². The van der Waals surface area contributed by atoms with Crippen molar-refractivity contribution >= 4 is 5.91 Å². The number of carbonyl (C=O) groups is 1. The second-order valence-electron chi connectivity index (χ2n) is 8.07. The van der Waals surface area contributed by atoms with Crippen LogP contribution in [0.5, 0.6) is 5.75 Å². The second kappa shape index (κ2) is 6.99. The first kappa shape index (κ1) is 16.9. The summed E-state index contributed by atoms with van der Waals surface area (Å²) in [7, 11) is 1.69. The number of fused-ring (bicyclic) bond motifs is 1. The van der Waals surface area contributed by atoms with E-state index in [4.69, 9.17) is 4.74 Å². The number of amides is 1. The molecule has 0 radical (unpaired) electrons. The number of hydrogen-bond acceptors (Lipinski definition) is 3. The van der Waals surface area contributed by atoms with Crippen LogP contribution in [0.15, 0.2) is 24.3 Å². The number of carbonyl (C=O) groups excluding carboxylic acids is 1. The largest absolute Gasteiger partial charge is 0.497 e. The molecule has 0 bridgehead atoms. The van der Waals surface area contributed by atoms with Gasteiger partial charge in [0, 0.05) is 13.1 Å². The predicted molar refractivity (Wildman–Crippen MR) is 98.8 cm³/mol. The van der Waals surface area contributed by atoms with Gasteiger partial charge in [-0.2, -0.15) is 0 Å². The molecule has 1 aliphatic carbocycles. The van der Waals surface area contributed by atoms with Crippen LogP contribution in [0.3, 0.4) is 0 Å². The van der Waals surface area contributed by atoms with Gasteiger partial charge in [-0.1, -0.05) is 25.0 Å². The number of methoxy groups -OCH3 is 1. The molecule has 1 saturated carbocycles. The normalized spacial score (nSPS) is 28.4. The van der Waals surface area contributed by atoms with Gasteiger partial charge in [-0.3, -0.25) is 4.79 Å². The Kier molecular flexibility index (Phi) is 4.72. The highest BCUT2D eigenvalue weighted by molar-refractivity contribution is 5.88. The Hall–Kier alpha value is -1.55. The van der Waals surface area contributed by atoms with E-state index in [-0.39, 0.29) is 5.41 Å². The Morgan fingerprint density at radius 3 is 2.24 bits per heavy atom. The second-order valence-corrected chi connectivity index (χ2v) is 8.07. The smallest absolute Gasteiger partial charge is 0.233 e. The van der Waals surface area contributed by atoms with Crippen molar-refractivity contribution < 1.29 is 9.53 Å². The summed E-state index contributed by atoms with van der Waals surface area (Å²) < 4.78 is 5.30. The number of benzene rings is 1. The number of nitrogens with one attached hydrogen (secondary N) is 1. The van der Waals surface area contributed by atoms with Gasteiger partial charge in [0.25, 0.3) is 0 Å². The van der Waals surface area contributed by atoms with Gasteiger partial charge in [0.2, 0.25) is 5.91 Å². The van der Waals surface area contributed by atoms with Crippen LogP contribution in [0, 0.1) is 11.8 Å². The third kappa shape index (κ3) is 3.05. The molecule has 0 spiro atoms. The van der Waals surface area contributed by atoms with Crippen molar-refractivity contribution in [3.63, 3.8) is 0 Å². The summed E-state index contributed by atoms with van der Waals surface area (Å²) in [4.78, 5) is 15.8. The molecule has 2 heterocycles. The topological polar surface area (TPSA) is 41.6 Å². The molecule has 1 amide bonds. The summed E-state index contributed by atoms with van der Waals surface area (Å²) in [5, 5.41) is 3.52. The molecule has 1 aromatic carbocycles. The van der Waals surface area contributed by atoms with Gasteiger partial charge in [0.15, 0.2) is 0 Å². The molecule has 136 valence electrons. The highest BCUT2D eigenvalue weighted by Gasteiger charge is 2.45. The molecule has 4 rings (SSSR count). The van der Waals surface area contributed by atoms with E-state index in [9.17, 15) is 4.79 Å². The summed E-state index contributed by atoms with van der Waals surface area (Å²) >= 11 is 0. The summed E-state index contributed by atoms with van der Waals surface area (Å²) in [6.07, 6.45) is 6.60. The van der Waals surface area contributed by atoms with Gasteiger partial charge in [-0.15, -0.1) is 0 Å². The molecule has 2 saturated heterocycles. The van der Waals surface area contributed by atoms with Gasteiger partial charge in [-0.05, 0) is 68.3 Å². The van der Waals surface area contributed by atoms with Crippen LogP contribution < -0.4 is 10.1 Å². The fourth-order valence-corrected chi connectivity index (χ4v) is 5.24. The standard InChI is InChI=1S/C21H30N2O2/c1-25-19-6-4-18(5-7-19)21(10-2-3-11-21)20(24)23-12-8-16-14-22-15-17(16)9-13-23/h4-7,16-17,22H,2-3,8-15H2,1H3/t16-,17+. The van der Waals surface area contributed by atoms with Crippen molar-refractivity contribution in [2.75, 3.05) is 33.3 Å². The lowest BCUT2D eigenvalue weighted by molar-refractivity contribution is -0.137. The lowest BCUT2D eigenvalue weighted by Gasteiger charge is -2.34. The summed E-state index contributed by atoms with van der Waals surface area (Å²) in [6, 6.07) is 8.22. The van der Waals surface area contributed by atoms with Crippen molar-refractivity contribution in [2.24, 2.45) is 11.8 Å². The molecule has 2 atom stereocenters. The first-order valence-corrected chi connectivity index (χ1v) is 9.87. The minimum Gasteiger partial charge on any atom is -0.497 e. The van der Waals surface area contributed by atoms with Crippen LogP contribution in [0.2, 0.25) is 0 Å². The van der Waals surface area contributed by atoms with Crippen LogP contribution in [0.4, 0.5) is 0 Å². The SMILES string of the molecule is COc1ccc(C2(C(=O)N3CC[C@@H]4CNC[C@@H]4CC3)CCCC2)cc1. The molecule has 3 aliphatic rings. The van der Waals surface area contributed by atoms with Crippen LogP contribution in [0.25, 0.3) is 0 Å². The van der Waals surface area contributed by atoms with Crippen molar-refractivity contribution in [3.05, 3.63) is 29.8 Å². The average Bonchev–Trinajstić information content (AvgIpc) is 3.28. The van der Waals surface area contributed by atoms with Gasteiger partial charge in [0.1, 0.15) is 5.75 Å². The molecular weight excluding hydrogens is 312 g/mol. The Morgan fingerprint density at radius 1 is 1.08 bits per heavy atom. The van der Waals surface area contributed by atoms with E-state index in [1.165, 1.54) is 5.56 Å². The molecule has 4 heteroatoms. The third-order valence-corrected chi connectivity index (χ3v) is 6.82. The van der Waals surface area contributed by atoms with E-state index in [2.05, 4.69) is 22.3 Å². The van der Waals surface area contributed by atoms with Crippen LogP contribution >= 0.6 is 0 Å². The van der Waals surface area contributed by atoms with E-state index < -0.39 is 0 Å². The maximum Gasteiger partial charge on any atom is 0.233 e. The zero-order valence-electron chi connectivity index (χ0n) is 15.3. The Bertz CT molecular complexity index is 593. The van der Waals surface area contributed by atoms with Crippen molar-refractivity contribution in [1.29, 1.82) is 0 Å². The van der Waals surface area contributed by atoms with Crippen LogP contribution in [-0.2, 0) is 10.2 Å². The zero-order valence-corrected chi connectivity index (χ0v) is 15.3. The van der Waals surface area contributed by atoms with Crippen molar-refractivity contribution in [1.82, 2.24) is 10.2 Å². The van der Waals surface area contributed by atoms with Crippen LogP contribution in [0.1, 0.15) is 44.1 Å². The molecule has 1 N–H and O–H groups in total. The minimum atomic E-state index is -0.302. The number of ether oxygens (including phenoxy) is 1. The van der Waals surface area contributed by atoms with Gasteiger partial charge >= 0.3 is 0 Å². The number of rotatable bonds is 3. The van der Waals surface area contributed by atoms with Gasteiger partial charge in [0.05, 0.1) is 12.5 Å². The van der Waals surface area contributed by atoms with E-state index in [0.29, 0.717) is 5.91 Å². The van der Waals surface area contributed by atoms with Crippen LogP contribution in [-0.4, -0.2) is 44.1 Å². The lowest BCUT2D eigenvalue weighted by Crippen LogP contribution is -2.46. The summed E-state index contributed by atoms with van der Waals surface area (Å²) in [5.74, 6) is 2.76. The number of nitrogens with zero attached hydrogens (tertiary/aromatic N) is 1. The van der Waals surface area contributed by atoms with Gasteiger partial charge < -0.3 is 15.0 Å². The Labute approximate surface area is 150 Å². The highest BCUT2D eigenvalue weighted by Crippen LogP contribution is 2.43. The maximum absolute atomic E-state index is 13.6. The number of likely N-dealkylation sites (tertiary alicyclic amines) is 1. The predicted octanol–water partition coefficient (Wildman–Crippen LogP) is 2.97. The average molecular weight is 342 g/mol.